The van der Waals surface area contributed by atoms with E-state index in [0.29, 0.717) is 51.4 Å². The molecule has 18 nitrogen and oxygen atoms in total. The molecule has 2 aliphatic heterocycles. The molecule has 62 heavy (non-hydrogen) atoms. The molecule has 0 spiro atoms. The first-order valence-electron chi connectivity index (χ1n) is 19.8. The molecule has 0 radical (unpaired) electrons. The first-order valence-corrected chi connectivity index (χ1v) is 20.9. The van der Waals surface area contributed by atoms with Crippen LogP contribution in [0.5, 0.6) is 11.5 Å². The smallest absolute Gasteiger partial charge is 0.223 e. The van der Waals surface area contributed by atoms with Crippen molar-refractivity contribution in [2.75, 3.05) is 79.8 Å². The first-order chi connectivity index (χ1) is 29.9. The number of nitrogens with one attached hydrogen (secondary N) is 1. The summed E-state index contributed by atoms with van der Waals surface area (Å²) in [5.74, 6) is 0.959. The molecule has 0 saturated carbocycles. The number of benzene rings is 2. The number of piperidine rings is 2. The Kier molecular flexibility index (Phi) is 13.3. The summed E-state index contributed by atoms with van der Waals surface area (Å²) < 4.78 is 53.8. The van der Waals surface area contributed by atoms with E-state index < -0.39 is 11.6 Å². The SMILES string of the molecule is COc1cc(F)cc2c(NCC(=O)C3CCCN(c4cnn(C)c4)C3)nc(N)nc12.COc1cc(F)cc2c1nc(N)n1nc(C3CCCN(c4cnn(C)c4)C3)nc21.CSF. The van der Waals surface area contributed by atoms with Crippen LogP contribution in [0.25, 0.3) is 27.5 Å². The number of Topliss-reactive ketones (excluding diaryl/α,β-unsaturated/α-hetero) is 1. The molecule has 2 fully saturated rings. The molecule has 7 heterocycles. The highest BCUT2D eigenvalue weighted by Crippen LogP contribution is 2.34. The summed E-state index contributed by atoms with van der Waals surface area (Å²) in [7, 11) is 6.68. The quantitative estimate of drug-likeness (QED) is 0.167. The highest BCUT2D eigenvalue weighted by atomic mass is 32.2. The monoisotopic (exact) mass is 875 g/mol. The van der Waals surface area contributed by atoms with Crippen LogP contribution in [0.15, 0.2) is 49.1 Å². The summed E-state index contributed by atoms with van der Waals surface area (Å²) in [4.78, 5) is 34.8. The zero-order chi connectivity index (χ0) is 44.1. The average molecular weight is 876 g/mol. The molecule has 328 valence electrons. The second-order valence-electron chi connectivity index (χ2n) is 14.9. The number of aryl methyl sites for hydroxylation is 2. The van der Waals surface area contributed by atoms with Crippen LogP contribution in [0.4, 0.5) is 41.8 Å². The maximum atomic E-state index is 14.1. The molecule has 0 amide bonds. The van der Waals surface area contributed by atoms with Gasteiger partial charge in [-0.2, -0.15) is 23.6 Å². The number of carbonyl (C=O) groups is 1. The van der Waals surface area contributed by atoms with Crippen molar-refractivity contribution < 1.29 is 26.9 Å². The molecule has 2 unspecified atom stereocenters. The number of nitrogens with zero attached hydrogens (tertiary/aromatic N) is 12. The third-order valence-corrected chi connectivity index (χ3v) is 10.7. The molecule has 0 aliphatic carbocycles. The fraction of sp³-hybridized carbons (Fsp3) is 0.400. The largest absolute Gasteiger partial charge is 0.494 e. The predicted molar refractivity (Wildman–Crippen MR) is 233 cm³/mol. The maximum Gasteiger partial charge on any atom is 0.223 e. The third kappa shape index (κ3) is 9.48. The molecule has 2 aliphatic rings. The zero-order valence-electron chi connectivity index (χ0n) is 34.9. The van der Waals surface area contributed by atoms with Gasteiger partial charge >= 0.3 is 0 Å². The molecule has 2 saturated heterocycles. The zero-order valence-corrected chi connectivity index (χ0v) is 35.7. The second kappa shape index (κ2) is 19.0. The van der Waals surface area contributed by atoms with Crippen molar-refractivity contribution >= 4 is 74.5 Å². The number of nitrogen functional groups attached to an aromatic ring is 2. The third-order valence-electron chi connectivity index (χ3n) is 10.7. The normalized spacial score (nSPS) is 16.5. The summed E-state index contributed by atoms with van der Waals surface area (Å²) in [5, 5.41) is 17.0. The Balaban J connectivity index is 0.000000176. The van der Waals surface area contributed by atoms with E-state index in [1.807, 2.05) is 38.9 Å². The van der Waals surface area contributed by atoms with Crippen molar-refractivity contribution in [3.63, 3.8) is 0 Å². The van der Waals surface area contributed by atoms with Gasteiger partial charge in [-0.3, -0.25) is 14.2 Å². The van der Waals surface area contributed by atoms with Gasteiger partial charge in [-0.25, -0.2) is 23.7 Å². The second-order valence-corrected chi connectivity index (χ2v) is 15.2. The number of fused-ring (bicyclic) bond motifs is 4. The topological polar surface area (TPSA) is 211 Å². The summed E-state index contributed by atoms with van der Waals surface area (Å²) in [6.07, 6.45) is 12.7. The molecule has 2 atom stereocenters. The molecule has 7 aromatic rings. The molecular weight excluding hydrogens is 828 g/mol. The van der Waals surface area contributed by atoms with Crippen LogP contribution in [-0.4, -0.2) is 108 Å². The fourth-order valence-electron chi connectivity index (χ4n) is 7.84. The predicted octanol–water partition coefficient (Wildman–Crippen LogP) is 5.35. The Morgan fingerprint density at radius 2 is 1.42 bits per heavy atom. The number of aromatic nitrogens is 10. The summed E-state index contributed by atoms with van der Waals surface area (Å²) in [5.41, 5.74) is 15.4. The van der Waals surface area contributed by atoms with Gasteiger partial charge in [0.05, 0.1) is 49.9 Å². The van der Waals surface area contributed by atoms with E-state index >= 15 is 0 Å². The molecule has 22 heteroatoms. The molecule has 5 aromatic heterocycles. The summed E-state index contributed by atoms with van der Waals surface area (Å²) in [6, 6.07) is 5.21. The minimum absolute atomic E-state index is 0.0165. The standard InChI is InChI=1S/C20H24FN7O2.C19H21FN8O.CH3FS/c1-27-11-14(8-24-27)28-5-3-4-12(10-28)16(29)9-23-19-15-6-13(21)7-17(30-2)18(15)25-20(22)26-19;1-26-10-13(8-22-26)27-5-3-4-11(9-27)17-24-18-14-6-12(20)7-15(29-2)16(14)23-19(21)28(18)25-17;1-3-2/h6-8,11-12H,3-5,9-10H2,1-2H3,(H3,22,23,25,26);6-8,10-11H,3-5,9H2,1-2H3,(H2,21,23);1H3. The number of methoxy groups -OCH3 is 2. The van der Waals surface area contributed by atoms with Crippen molar-refractivity contribution in [3.05, 3.63) is 66.5 Å². The van der Waals surface area contributed by atoms with E-state index in [1.54, 1.807) is 9.36 Å². The molecule has 9 rings (SSSR count). The van der Waals surface area contributed by atoms with Gasteiger partial charge in [-0.05, 0) is 37.8 Å². The lowest BCUT2D eigenvalue weighted by molar-refractivity contribution is -0.121. The lowest BCUT2D eigenvalue weighted by atomic mass is 9.93. The molecule has 2 aromatic carbocycles. The highest BCUT2D eigenvalue weighted by molar-refractivity contribution is 7.93. The first kappa shape index (κ1) is 43.5. The van der Waals surface area contributed by atoms with Gasteiger partial charge in [0.1, 0.15) is 40.0 Å². The van der Waals surface area contributed by atoms with E-state index in [4.69, 9.17) is 25.9 Å². The number of halogens is 3. The van der Waals surface area contributed by atoms with Crippen molar-refractivity contribution in [1.29, 1.82) is 0 Å². The maximum absolute atomic E-state index is 14.1. The number of carbonyl (C=O) groups excluding carboxylic acids is 1. The lowest BCUT2D eigenvalue weighted by Crippen LogP contribution is -2.40. The van der Waals surface area contributed by atoms with E-state index in [2.05, 4.69) is 45.4 Å². The van der Waals surface area contributed by atoms with Crippen molar-refractivity contribution in [2.45, 2.75) is 31.6 Å². The minimum Gasteiger partial charge on any atom is -0.494 e. The Bertz CT molecular complexity index is 2690. The van der Waals surface area contributed by atoms with E-state index in [9.17, 15) is 17.5 Å². The van der Waals surface area contributed by atoms with Crippen molar-refractivity contribution in [3.8, 4) is 11.5 Å². The number of rotatable bonds is 9. The van der Waals surface area contributed by atoms with Gasteiger partial charge in [-0.15, -0.1) is 5.10 Å². The van der Waals surface area contributed by atoms with Gasteiger partial charge < -0.3 is 36.1 Å². The number of hydrogen-bond acceptors (Lipinski definition) is 16. The van der Waals surface area contributed by atoms with Crippen molar-refractivity contribution in [1.82, 2.24) is 49.1 Å². The molecule has 5 N–H and O–H groups in total. The van der Waals surface area contributed by atoms with Crippen LogP contribution in [-0.2, 0) is 18.9 Å². The Labute approximate surface area is 359 Å². The lowest BCUT2D eigenvalue weighted by Gasteiger charge is -2.32. The number of hydrogen-bond donors (Lipinski definition) is 3. The van der Waals surface area contributed by atoms with Gasteiger partial charge in [-0.1, -0.05) is 0 Å². The number of ketones is 1. The van der Waals surface area contributed by atoms with Crippen LogP contribution in [0.2, 0.25) is 0 Å². The Hall–Kier alpha value is -6.58. The van der Waals surface area contributed by atoms with Gasteiger partial charge in [0.15, 0.2) is 17.3 Å². The van der Waals surface area contributed by atoms with Crippen LogP contribution < -0.4 is 36.1 Å². The number of anilines is 5. The number of ether oxygens (including phenoxy) is 2. The van der Waals surface area contributed by atoms with Gasteiger partial charge in [0.25, 0.3) is 0 Å². The Morgan fingerprint density at radius 1 is 0.839 bits per heavy atom. The highest BCUT2D eigenvalue weighted by Gasteiger charge is 2.28. The Morgan fingerprint density at radius 3 is 2.02 bits per heavy atom. The molecular formula is C40H48F3N15O3S. The molecule has 0 bridgehead atoms. The van der Waals surface area contributed by atoms with E-state index in [-0.39, 0.29) is 54.0 Å². The van der Waals surface area contributed by atoms with Gasteiger partial charge in [0.2, 0.25) is 11.9 Å². The van der Waals surface area contributed by atoms with Gasteiger partial charge in [0, 0.05) is 100 Å². The summed E-state index contributed by atoms with van der Waals surface area (Å²) in [6.45, 7) is 3.35. The van der Waals surface area contributed by atoms with E-state index in [0.717, 1.165) is 56.7 Å². The number of nitrogens with two attached hydrogens (primary N) is 2. The van der Waals surface area contributed by atoms with Crippen LogP contribution >= 0.6 is 12.1 Å². The van der Waals surface area contributed by atoms with Crippen LogP contribution in [0.3, 0.4) is 0 Å². The minimum atomic E-state index is -0.485. The van der Waals surface area contributed by atoms with E-state index in [1.165, 1.54) is 49.3 Å². The van der Waals surface area contributed by atoms with Crippen LogP contribution in [0, 0.1) is 17.6 Å². The van der Waals surface area contributed by atoms with Crippen molar-refractivity contribution in [2.24, 2.45) is 20.0 Å². The van der Waals surface area contributed by atoms with Crippen LogP contribution in [0.1, 0.15) is 37.4 Å². The average Bonchev–Trinajstić information content (AvgIpc) is 4.04. The summed E-state index contributed by atoms with van der Waals surface area (Å²) >= 11 is 0.250. The fourth-order valence-corrected chi connectivity index (χ4v) is 7.84.